The molecule has 0 fully saturated rings. The lowest BCUT2D eigenvalue weighted by Crippen LogP contribution is -2.29. The van der Waals surface area contributed by atoms with E-state index < -0.39 is 18.7 Å². The van der Waals surface area contributed by atoms with Crippen LogP contribution in [-0.2, 0) is 19.6 Å². The molecule has 0 spiro atoms. The highest BCUT2D eigenvalue weighted by Gasteiger charge is 2.33. The molecule has 2 N–H and O–H groups in total. The van der Waals surface area contributed by atoms with Gasteiger partial charge in [0.25, 0.3) is 0 Å². The number of hydrogen-bond donors (Lipinski definition) is 2. The molecule has 132 valence electrons. The first-order valence-electron chi connectivity index (χ1n) is 7.77. The van der Waals surface area contributed by atoms with Crippen molar-refractivity contribution < 1.29 is 23.1 Å². The Hall–Kier alpha value is -2.54. The highest BCUT2D eigenvalue weighted by molar-refractivity contribution is 5.87. The molecular formula is C18H17F3N2O2. The van der Waals surface area contributed by atoms with E-state index in [1.54, 1.807) is 12.1 Å². The minimum absolute atomic E-state index is 0.228. The predicted octanol–water partition coefficient (Wildman–Crippen LogP) is 3.87. The van der Waals surface area contributed by atoms with Crippen molar-refractivity contribution in [3.05, 3.63) is 64.7 Å². The number of alkyl halides is 3. The molecular weight excluding hydrogens is 333 g/mol. The van der Waals surface area contributed by atoms with Crippen LogP contribution in [0.3, 0.4) is 0 Å². The quantitative estimate of drug-likeness (QED) is 0.859. The van der Waals surface area contributed by atoms with Crippen LogP contribution in [0.2, 0.25) is 0 Å². The molecule has 0 unspecified atom stereocenters. The zero-order valence-electron chi connectivity index (χ0n) is 13.3. The first-order valence-corrected chi connectivity index (χ1v) is 7.77. The number of carboxylic acids is 1. The smallest absolute Gasteiger partial charge is 0.401 e. The Morgan fingerprint density at radius 3 is 2.40 bits per heavy atom. The molecule has 0 radical (unpaired) electrons. The maximum Gasteiger partial charge on any atom is 0.401 e. The lowest BCUT2D eigenvalue weighted by Gasteiger charge is -2.16. The van der Waals surface area contributed by atoms with Gasteiger partial charge < -0.3 is 10.4 Å². The largest absolute Gasteiger partial charge is 0.478 e. The van der Waals surface area contributed by atoms with E-state index in [1.165, 1.54) is 17.0 Å². The number of carboxylic acid groups (broad SMARTS) is 1. The Morgan fingerprint density at radius 1 is 1.08 bits per heavy atom. The molecule has 0 bridgehead atoms. The number of aromatic carboxylic acids is 1. The molecule has 4 nitrogen and oxygen atoms in total. The maximum absolute atomic E-state index is 12.5. The number of nitrogens with zero attached hydrogens (tertiary/aromatic N) is 1. The summed E-state index contributed by atoms with van der Waals surface area (Å²) in [5.41, 5.74) is 3.79. The molecule has 0 saturated heterocycles. The number of benzene rings is 2. The fourth-order valence-electron chi connectivity index (χ4n) is 2.91. The molecule has 1 aliphatic rings. The molecule has 3 rings (SSSR count). The third kappa shape index (κ3) is 4.51. The molecule has 0 atom stereocenters. The number of fused-ring (bicyclic) bond motifs is 1. The summed E-state index contributed by atoms with van der Waals surface area (Å²) in [6.45, 7) is 0.203. The minimum Gasteiger partial charge on any atom is -0.478 e. The Balaban J connectivity index is 1.60. The van der Waals surface area contributed by atoms with Gasteiger partial charge in [0, 0.05) is 25.3 Å². The zero-order valence-corrected chi connectivity index (χ0v) is 13.3. The Morgan fingerprint density at radius 2 is 1.76 bits per heavy atom. The van der Waals surface area contributed by atoms with E-state index in [9.17, 15) is 18.0 Å². The summed E-state index contributed by atoms with van der Waals surface area (Å²) in [4.78, 5) is 12.2. The molecule has 1 aliphatic heterocycles. The Bertz CT molecular complexity index is 773. The van der Waals surface area contributed by atoms with E-state index in [2.05, 4.69) is 5.32 Å². The number of carbonyl (C=O) groups is 1. The van der Waals surface area contributed by atoms with Crippen LogP contribution in [0.4, 0.5) is 18.9 Å². The van der Waals surface area contributed by atoms with Crippen molar-refractivity contribution in [3.8, 4) is 0 Å². The van der Waals surface area contributed by atoms with Gasteiger partial charge in [-0.2, -0.15) is 13.2 Å². The van der Waals surface area contributed by atoms with Gasteiger partial charge in [0.15, 0.2) is 0 Å². The summed E-state index contributed by atoms with van der Waals surface area (Å²) in [6.07, 6.45) is -4.19. The van der Waals surface area contributed by atoms with Crippen LogP contribution < -0.4 is 5.32 Å². The number of nitrogens with one attached hydrogen (secondary N) is 1. The van der Waals surface area contributed by atoms with Crippen molar-refractivity contribution >= 4 is 11.7 Å². The summed E-state index contributed by atoms with van der Waals surface area (Å²) in [5, 5.41) is 12.1. The van der Waals surface area contributed by atoms with Gasteiger partial charge in [0.1, 0.15) is 0 Å². The standard InChI is InChI=1S/C18H17F3N2O2/c19-18(20,21)11-23-9-14-5-6-16(7-15(14)10-23)22-8-12-1-3-13(4-2-12)17(24)25/h1-7,22H,8-11H2,(H,24,25). The summed E-state index contributed by atoms with van der Waals surface area (Å²) in [5.74, 6) is -0.971. The normalized spacial score (nSPS) is 14.4. The van der Waals surface area contributed by atoms with Crippen LogP contribution in [0.1, 0.15) is 27.0 Å². The Kier molecular flexibility index (Phi) is 4.67. The molecule has 0 amide bonds. The van der Waals surface area contributed by atoms with Gasteiger partial charge in [-0.3, -0.25) is 4.90 Å². The first kappa shape index (κ1) is 17.3. The lowest BCUT2D eigenvalue weighted by atomic mass is 10.1. The van der Waals surface area contributed by atoms with Crippen molar-refractivity contribution in [2.24, 2.45) is 0 Å². The molecule has 0 aliphatic carbocycles. The summed E-state index contributed by atoms with van der Waals surface area (Å²) in [6, 6.07) is 12.1. The van der Waals surface area contributed by atoms with Crippen LogP contribution in [0.5, 0.6) is 0 Å². The SMILES string of the molecule is O=C(O)c1ccc(CNc2ccc3c(c2)CN(CC(F)(F)F)C3)cc1. The molecule has 2 aromatic rings. The van der Waals surface area contributed by atoms with Crippen LogP contribution in [-0.4, -0.2) is 28.7 Å². The lowest BCUT2D eigenvalue weighted by molar-refractivity contribution is -0.146. The van der Waals surface area contributed by atoms with E-state index in [1.807, 2.05) is 18.2 Å². The molecule has 1 heterocycles. The van der Waals surface area contributed by atoms with Crippen molar-refractivity contribution in [3.63, 3.8) is 0 Å². The van der Waals surface area contributed by atoms with Crippen LogP contribution in [0, 0.1) is 0 Å². The fraction of sp³-hybridized carbons (Fsp3) is 0.278. The monoisotopic (exact) mass is 350 g/mol. The third-order valence-electron chi connectivity index (χ3n) is 4.09. The van der Waals surface area contributed by atoms with Gasteiger partial charge in [-0.1, -0.05) is 18.2 Å². The zero-order chi connectivity index (χ0) is 18.0. The van der Waals surface area contributed by atoms with Crippen molar-refractivity contribution in [2.75, 3.05) is 11.9 Å². The molecule has 0 saturated carbocycles. The second-order valence-corrected chi connectivity index (χ2v) is 6.10. The van der Waals surface area contributed by atoms with Gasteiger partial charge in [-0.25, -0.2) is 4.79 Å². The second kappa shape index (κ2) is 6.76. The summed E-state index contributed by atoms with van der Waals surface area (Å²) >= 11 is 0. The van der Waals surface area contributed by atoms with Gasteiger partial charge in [0.05, 0.1) is 12.1 Å². The average Bonchev–Trinajstić information content (AvgIpc) is 2.92. The number of halogens is 3. The highest BCUT2D eigenvalue weighted by atomic mass is 19.4. The summed E-state index contributed by atoms with van der Waals surface area (Å²) < 4.78 is 37.5. The maximum atomic E-state index is 12.5. The fourth-order valence-corrected chi connectivity index (χ4v) is 2.91. The third-order valence-corrected chi connectivity index (χ3v) is 4.09. The topological polar surface area (TPSA) is 52.6 Å². The van der Waals surface area contributed by atoms with E-state index >= 15 is 0 Å². The molecule has 7 heteroatoms. The van der Waals surface area contributed by atoms with Gasteiger partial charge in [0.2, 0.25) is 0 Å². The minimum atomic E-state index is -4.19. The van der Waals surface area contributed by atoms with E-state index in [-0.39, 0.29) is 12.1 Å². The van der Waals surface area contributed by atoms with Crippen LogP contribution in [0.25, 0.3) is 0 Å². The van der Waals surface area contributed by atoms with E-state index in [0.717, 1.165) is 22.4 Å². The van der Waals surface area contributed by atoms with Gasteiger partial charge >= 0.3 is 12.1 Å². The highest BCUT2D eigenvalue weighted by Crippen LogP contribution is 2.28. The predicted molar refractivity (Wildman–Crippen MR) is 87.3 cm³/mol. The second-order valence-electron chi connectivity index (χ2n) is 6.10. The van der Waals surface area contributed by atoms with E-state index in [0.29, 0.717) is 13.1 Å². The number of rotatable bonds is 5. The van der Waals surface area contributed by atoms with E-state index in [4.69, 9.17) is 5.11 Å². The number of hydrogen-bond acceptors (Lipinski definition) is 3. The van der Waals surface area contributed by atoms with Crippen molar-refractivity contribution in [1.29, 1.82) is 0 Å². The molecule has 2 aromatic carbocycles. The summed E-state index contributed by atoms with van der Waals surface area (Å²) in [7, 11) is 0. The van der Waals surface area contributed by atoms with Crippen molar-refractivity contribution in [2.45, 2.75) is 25.8 Å². The number of anilines is 1. The van der Waals surface area contributed by atoms with Gasteiger partial charge in [-0.15, -0.1) is 0 Å². The Labute approximate surface area is 142 Å². The van der Waals surface area contributed by atoms with Crippen molar-refractivity contribution in [1.82, 2.24) is 4.90 Å². The van der Waals surface area contributed by atoms with Gasteiger partial charge in [-0.05, 0) is 41.0 Å². The average molecular weight is 350 g/mol. The molecule has 25 heavy (non-hydrogen) atoms. The first-order chi connectivity index (χ1) is 11.8. The van der Waals surface area contributed by atoms with Crippen LogP contribution in [0.15, 0.2) is 42.5 Å². The molecule has 0 aromatic heterocycles. The van der Waals surface area contributed by atoms with Crippen LogP contribution >= 0.6 is 0 Å².